The first-order chi connectivity index (χ1) is 8.02. The summed E-state index contributed by atoms with van der Waals surface area (Å²) in [4.78, 5) is 6.59. The van der Waals surface area contributed by atoms with Crippen molar-refractivity contribution in [3.05, 3.63) is 28.5 Å². The summed E-state index contributed by atoms with van der Waals surface area (Å²) in [6, 6.07) is 4.04. The number of nitrogens with zero attached hydrogens (tertiary/aromatic N) is 2. The zero-order valence-electron chi connectivity index (χ0n) is 10.6. The maximum absolute atomic E-state index is 5.97. The lowest BCUT2D eigenvalue weighted by Crippen LogP contribution is -2.44. The van der Waals surface area contributed by atoms with E-state index in [1.807, 2.05) is 13.0 Å². The van der Waals surface area contributed by atoms with Crippen molar-refractivity contribution in [1.82, 2.24) is 9.88 Å². The van der Waals surface area contributed by atoms with Gasteiger partial charge in [0.1, 0.15) is 5.15 Å². The summed E-state index contributed by atoms with van der Waals surface area (Å²) in [6.07, 6.45) is 0.606. The van der Waals surface area contributed by atoms with Gasteiger partial charge >= 0.3 is 0 Å². The Kier molecular flexibility index (Phi) is 4.02. The highest BCUT2D eigenvalue weighted by atomic mass is 35.5. The second kappa shape index (κ2) is 5.34. The van der Waals surface area contributed by atoms with Gasteiger partial charge in [0.25, 0.3) is 0 Å². The number of morpholine rings is 1. The van der Waals surface area contributed by atoms with Gasteiger partial charge in [-0.15, -0.1) is 0 Å². The van der Waals surface area contributed by atoms with Crippen LogP contribution in [-0.4, -0.2) is 35.2 Å². The van der Waals surface area contributed by atoms with Crippen LogP contribution in [0.3, 0.4) is 0 Å². The van der Waals surface area contributed by atoms with E-state index in [1.54, 1.807) is 0 Å². The van der Waals surface area contributed by atoms with Crippen LogP contribution in [0.2, 0.25) is 5.15 Å². The van der Waals surface area contributed by atoms with Crippen LogP contribution in [0.4, 0.5) is 0 Å². The number of pyridine rings is 1. The molecular weight excluding hydrogens is 236 g/mol. The number of hydrogen-bond acceptors (Lipinski definition) is 3. The third-order valence-corrected chi connectivity index (χ3v) is 3.08. The van der Waals surface area contributed by atoms with E-state index >= 15 is 0 Å². The predicted molar refractivity (Wildman–Crippen MR) is 69.3 cm³/mol. The standard InChI is InChI=1S/C13H19ClN2O/c1-9-4-12(5-13(14)15-9)8-16-6-10(2)17-11(3)7-16/h4-5,10-11H,6-8H2,1-3H3. The van der Waals surface area contributed by atoms with E-state index in [4.69, 9.17) is 16.3 Å². The van der Waals surface area contributed by atoms with Crippen molar-refractivity contribution in [2.75, 3.05) is 13.1 Å². The molecule has 2 unspecified atom stereocenters. The molecule has 1 aliphatic heterocycles. The first-order valence-corrected chi connectivity index (χ1v) is 6.41. The number of aryl methyl sites for hydroxylation is 1. The molecule has 0 aliphatic carbocycles. The first kappa shape index (κ1) is 12.8. The summed E-state index contributed by atoms with van der Waals surface area (Å²) < 4.78 is 5.72. The Morgan fingerprint density at radius 2 is 2.00 bits per heavy atom. The van der Waals surface area contributed by atoms with Crippen LogP contribution in [0.15, 0.2) is 12.1 Å². The second-order valence-corrected chi connectivity index (χ2v) is 5.28. The quantitative estimate of drug-likeness (QED) is 0.759. The largest absolute Gasteiger partial charge is 0.373 e. The summed E-state index contributed by atoms with van der Waals surface area (Å²) in [5, 5.41) is 0.578. The summed E-state index contributed by atoms with van der Waals surface area (Å²) in [6.45, 7) is 9.08. The monoisotopic (exact) mass is 254 g/mol. The highest BCUT2D eigenvalue weighted by Gasteiger charge is 2.22. The lowest BCUT2D eigenvalue weighted by atomic mass is 10.1. The fraction of sp³-hybridized carbons (Fsp3) is 0.615. The molecule has 0 amide bonds. The van der Waals surface area contributed by atoms with Gasteiger partial charge in [-0.25, -0.2) is 4.98 Å². The molecular formula is C13H19ClN2O. The normalized spacial score (nSPS) is 26.1. The summed E-state index contributed by atoms with van der Waals surface area (Å²) in [5.41, 5.74) is 2.20. The number of aromatic nitrogens is 1. The Labute approximate surface area is 108 Å². The smallest absolute Gasteiger partial charge is 0.129 e. The Hall–Kier alpha value is -0.640. The van der Waals surface area contributed by atoms with Crippen LogP contribution in [0.25, 0.3) is 0 Å². The molecule has 1 aromatic rings. The SMILES string of the molecule is Cc1cc(CN2CC(C)OC(C)C2)cc(Cl)n1. The summed E-state index contributed by atoms with van der Waals surface area (Å²) >= 11 is 5.97. The maximum atomic E-state index is 5.97. The van der Waals surface area contributed by atoms with Crippen LogP contribution >= 0.6 is 11.6 Å². The van der Waals surface area contributed by atoms with Crippen molar-refractivity contribution in [2.45, 2.75) is 39.5 Å². The highest BCUT2D eigenvalue weighted by Crippen LogP contribution is 2.16. The lowest BCUT2D eigenvalue weighted by molar-refractivity contribution is -0.0704. The zero-order chi connectivity index (χ0) is 12.4. The van der Waals surface area contributed by atoms with Crippen molar-refractivity contribution >= 4 is 11.6 Å². The Bertz CT molecular complexity index is 367. The van der Waals surface area contributed by atoms with Crippen molar-refractivity contribution < 1.29 is 4.74 Å². The van der Waals surface area contributed by atoms with Gasteiger partial charge in [0.2, 0.25) is 0 Å². The molecule has 1 fully saturated rings. The summed E-state index contributed by atoms with van der Waals surface area (Å²) in [7, 11) is 0. The van der Waals surface area contributed by atoms with Gasteiger partial charge in [0.15, 0.2) is 0 Å². The third kappa shape index (κ3) is 3.66. The van der Waals surface area contributed by atoms with E-state index in [9.17, 15) is 0 Å². The fourth-order valence-corrected chi connectivity index (χ4v) is 2.73. The van der Waals surface area contributed by atoms with E-state index < -0.39 is 0 Å². The highest BCUT2D eigenvalue weighted by molar-refractivity contribution is 6.29. The van der Waals surface area contributed by atoms with Crippen LogP contribution < -0.4 is 0 Å². The van der Waals surface area contributed by atoms with Crippen LogP contribution in [0.5, 0.6) is 0 Å². The topological polar surface area (TPSA) is 25.4 Å². The molecule has 1 aromatic heterocycles. The van der Waals surface area contributed by atoms with E-state index in [1.165, 1.54) is 5.56 Å². The van der Waals surface area contributed by atoms with Crippen LogP contribution in [-0.2, 0) is 11.3 Å². The number of hydrogen-bond donors (Lipinski definition) is 0. The van der Waals surface area contributed by atoms with Crippen molar-refractivity contribution in [3.8, 4) is 0 Å². The fourth-order valence-electron chi connectivity index (χ4n) is 2.46. The molecule has 2 rings (SSSR count). The lowest BCUT2D eigenvalue weighted by Gasteiger charge is -2.35. The minimum absolute atomic E-state index is 0.303. The molecule has 0 aromatic carbocycles. The Morgan fingerprint density at radius 1 is 1.35 bits per heavy atom. The molecule has 1 aliphatic rings. The molecule has 0 saturated carbocycles. The minimum Gasteiger partial charge on any atom is -0.373 e. The Morgan fingerprint density at radius 3 is 2.59 bits per heavy atom. The molecule has 0 spiro atoms. The molecule has 2 heterocycles. The van der Waals surface area contributed by atoms with Crippen LogP contribution in [0, 0.1) is 6.92 Å². The van der Waals surface area contributed by atoms with E-state index in [-0.39, 0.29) is 0 Å². The maximum Gasteiger partial charge on any atom is 0.129 e. The molecule has 0 radical (unpaired) electrons. The molecule has 0 N–H and O–H groups in total. The molecule has 17 heavy (non-hydrogen) atoms. The number of halogens is 1. The predicted octanol–water partition coefficient (Wildman–Crippen LogP) is 2.65. The van der Waals surface area contributed by atoms with E-state index in [2.05, 4.69) is 29.8 Å². The van der Waals surface area contributed by atoms with E-state index in [0.29, 0.717) is 17.4 Å². The third-order valence-electron chi connectivity index (χ3n) is 2.88. The van der Waals surface area contributed by atoms with Gasteiger partial charge in [-0.2, -0.15) is 0 Å². The molecule has 0 bridgehead atoms. The molecule has 2 atom stereocenters. The molecule has 4 heteroatoms. The number of ether oxygens (including phenoxy) is 1. The molecule has 94 valence electrons. The average Bonchev–Trinajstić information content (AvgIpc) is 2.13. The van der Waals surface area contributed by atoms with Gasteiger partial charge in [-0.1, -0.05) is 11.6 Å². The number of rotatable bonds is 2. The zero-order valence-corrected chi connectivity index (χ0v) is 11.4. The minimum atomic E-state index is 0.303. The van der Waals surface area contributed by atoms with Gasteiger partial charge < -0.3 is 4.74 Å². The molecule has 3 nitrogen and oxygen atoms in total. The van der Waals surface area contributed by atoms with Gasteiger partial charge in [0.05, 0.1) is 12.2 Å². The van der Waals surface area contributed by atoms with E-state index in [0.717, 1.165) is 25.3 Å². The second-order valence-electron chi connectivity index (χ2n) is 4.89. The van der Waals surface area contributed by atoms with Crippen molar-refractivity contribution in [1.29, 1.82) is 0 Å². The average molecular weight is 255 g/mol. The van der Waals surface area contributed by atoms with Gasteiger partial charge in [-0.3, -0.25) is 4.90 Å². The van der Waals surface area contributed by atoms with Crippen LogP contribution in [0.1, 0.15) is 25.1 Å². The van der Waals surface area contributed by atoms with Crippen molar-refractivity contribution in [2.24, 2.45) is 0 Å². The Balaban J connectivity index is 2.04. The first-order valence-electron chi connectivity index (χ1n) is 6.04. The van der Waals surface area contributed by atoms with Gasteiger partial charge in [0, 0.05) is 25.3 Å². The van der Waals surface area contributed by atoms with Gasteiger partial charge in [-0.05, 0) is 38.5 Å². The van der Waals surface area contributed by atoms with Crippen molar-refractivity contribution in [3.63, 3.8) is 0 Å². The molecule has 1 saturated heterocycles. The summed E-state index contributed by atoms with van der Waals surface area (Å²) in [5.74, 6) is 0.